The first-order valence-electron chi connectivity index (χ1n) is 11.8. The smallest absolute Gasteiger partial charge is 0.256 e. The second kappa shape index (κ2) is 10.6. The Morgan fingerprint density at radius 2 is 1.83 bits per heavy atom. The molecule has 1 N–H and O–H groups in total. The number of nitrogens with one attached hydrogen (secondary N) is 1. The highest BCUT2D eigenvalue weighted by Crippen LogP contribution is 2.36. The van der Waals surface area contributed by atoms with Gasteiger partial charge in [-0.15, -0.1) is 0 Å². The van der Waals surface area contributed by atoms with Crippen molar-refractivity contribution in [3.05, 3.63) is 24.3 Å². The number of likely N-dealkylation sites (tertiary alicyclic amines) is 1. The van der Waals surface area contributed by atoms with Crippen LogP contribution in [0.1, 0.15) is 59.8 Å². The lowest BCUT2D eigenvalue weighted by atomic mass is 9.78. The van der Waals surface area contributed by atoms with Gasteiger partial charge in [0.15, 0.2) is 0 Å². The van der Waals surface area contributed by atoms with E-state index in [1.807, 2.05) is 31.2 Å². The van der Waals surface area contributed by atoms with Crippen molar-refractivity contribution in [2.24, 2.45) is 17.8 Å². The molecule has 168 valence electrons. The molecular weight excluding hydrogens is 376 g/mol. The van der Waals surface area contributed by atoms with Crippen LogP contribution in [0.5, 0.6) is 5.75 Å². The van der Waals surface area contributed by atoms with Gasteiger partial charge in [0.2, 0.25) is 0 Å². The summed E-state index contributed by atoms with van der Waals surface area (Å²) in [6, 6.07) is 7.72. The fourth-order valence-corrected chi connectivity index (χ4v) is 5.33. The zero-order valence-corrected chi connectivity index (χ0v) is 19.3. The maximum atomic E-state index is 13.0. The summed E-state index contributed by atoms with van der Waals surface area (Å²) in [5.41, 5.74) is 0.105. The molecule has 0 radical (unpaired) electrons. The standard InChI is InChI=1S/C25H40N2O3/c1-5-30-25(12-6-7-19(2)16-25)24(28)26-22-8-10-23(11-9-22)29-14-13-27-17-20(3)15-21(4)18-27/h8-11,19-21H,5-7,12-18H2,1-4H3,(H,26,28)/t19-,20-,21+,25+/m0/s1. The largest absolute Gasteiger partial charge is 0.492 e. The normalized spacial score (nSPS) is 30.1. The van der Waals surface area contributed by atoms with E-state index in [-0.39, 0.29) is 5.91 Å². The van der Waals surface area contributed by atoms with Gasteiger partial charge in [0, 0.05) is 31.9 Å². The molecule has 4 atom stereocenters. The minimum absolute atomic E-state index is 0.0158. The SMILES string of the molecule is CCO[C@]1(C(=O)Nc2ccc(OCCN3C[C@H](C)C[C@H](C)C3)cc2)CCC[C@H](C)C1. The van der Waals surface area contributed by atoms with Crippen LogP contribution < -0.4 is 10.1 Å². The average molecular weight is 417 g/mol. The molecule has 0 unspecified atom stereocenters. The predicted octanol–water partition coefficient (Wildman–Crippen LogP) is 4.97. The Labute approximate surface area is 182 Å². The molecule has 30 heavy (non-hydrogen) atoms. The molecule has 0 aromatic heterocycles. The number of amides is 1. The first kappa shape index (κ1) is 23.1. The van der Waals surface area contributed by atoms with Crippen LogP contribution in [0, 0.1) is 17.8 Å². The highest BCUT2D eigenvalue weighted by atomic mass is 16.5. The minimum Gasteiger partial charge on any atom is -0.492 e. The van der Waals surface area contributed by atoms with Crippen LogP contribution in [-0.2, 0) is 9.53 Å². The number of hydrogen-bond acceptors (Lipinski definition) is 4. The maximum Gasteiger partial charge on any atom is 0.256 e. The molecular formula is C25H40N2O3. The Balaban J connectivity index is 1.49. The summed E-state index contributed by atoms with van der Waals surface area (Å²) in [7, 11) is 0. The topological polar surface area (TPSA) is 50.8 Å². The quantitative estimate of drug-likeness (QED) is 0.650. The summed E-state index contributed by atoms with van der Waals surface area (Å²) < 4.78 is 11.9. The Bertz CT molecular complexity index is 663. The molecule has 1 heterocycles. The van der Waals surface area contributed by atoms with E-state index in [1.54, 1.807) is 0 Å². The zero-order valence-electron chi connectivity index (χ0n) is 19.3. The average Bonchev–Trinajstić information content (AvgIpc) is 2.69. The van der Waals surface area contributed by atoms with Gasteiger partial charge >= 0.3 is 0 Å². The minimum atomic E-state index is -0.690. The van der Waals surface area contributed by atoms with E-state index in [2.05, 4.69) is 31.0 Å². The molecule has 1 aliphatic heterocycles. The van der Waals surface area contributed by atoms with Gasteiger partial charge in [-0.25, -0.2) is 0 Å². The second-order valence-corrected chi connectivity index (χ2v) is 9.66. The van der Waals surface area contributed by atoms with Gasteiger partial charge in [-0.2, -0.15) is 0 Å². The van der Waals surface area contributed by atoms with Gasteiger partial charge in [-0.1, -0.05) is 27.2 Å². The van der Waals surface area contributed by atoms with E-state index in [9.17, 15) is 4.79 Å². The maximum absolute atomic E-state index is 13.0. The molecule has 2 fully saturated rings. The molecule has 0 bridgehead atoms. The number of piperidine rings is 1. The number of carbonyl (C=O) groups is 1. The third-order valence-corrected chi connectivity index (χ3v) is 6.52. The molecule has 1 saturated heterocycles. The summed E-state index contributed by atoms with van der Waals surface area (Å²) in [6.45, 7) is 13.4. The fourth-order valence-electron chi connectivity index (χ4n) is 5.33. The molecule has 5 nitrogen and oxygen atoms in total. The molecule has 1 aromatic carbocycles. The summed E-state index contributed by atoms with van der Waals surface area (Å²) in [4.78, 5) is 15.5. The van der Waals surface area contributed by atoms with Crippen molar-refractivity contribution in [3.63, 3.8) is 0 Å². The summed E-state index contributed by atoms with van der Waals surface area (Å²) in [5, 5.41) is 3.07. The Kier molecular flexibility index (Phi) is 8.18. The van der Waals surface area contributed by atoms with Crippen molar-refractivity contribution in [3.8, 4) is 5.75 Å². The van der Waals surface area contributed by atoms with Crippen LogP contribution in [0.15, 0.2) is 24.3 Å². The van der Waals surface area contributed by atoms with Crippen LogP contribution in [0.4, 0.5) is 5.69 Å². The number of rotatable bonds is 8. The van der Waals surface area contributed by atoms with Crippen LogP contribution in [0.25, 0.3) is 0 Å². The van der Waals surface area contributed by atoms with Crippen LogP contribution >= 0.6 is 0 Å². The third kappa shape index (κ3) is 6.21. The Hall–Kier alpha value is -1.59. The monoisotopic (exact) mass is 416 g/mol. The number of ether oxygens (including phenoxy) is 2. The first-order chi connectivity index (χ1) is 14.4. The Morgan fingerprint density at radius 1 is 1.13 bits per heavy atom. The molecule has 1 aliphatic carbocycles. The lowest BCUT2D eigenvalue weighted by molar-refractivity contribution is -0.147. The summed E-state index contributed by atoms with van der Waals surface area (Å²) >= 11 is 0. The van der Waals surface area contributed by atoms with E-state index >= 15 is 0 Å². The lowest BCUT2D eigenvalue weighted by Gasteiger charge is -2.38. The van der Waals surface area contributed by atoms with E-state index in [0.717, 1.165) is 49.1 Å². The van der Waals surface area contributed by atoms with Crippen LogP contribution in [-0.4, -0.2) is 49.3 Å². The van der Waals surface area contributed by atoms with Crippen molar-refractivity contribution < 1.29 is 14.3 Å². The van der Waals surface area contributed by atoms with Gasteiger partial charge in [-0.3, -0.25) is 9.69 Å². The molecule has 1 amide bonds. The lowest BCUT2D eigenvalue weighted by Crippen LogP contribution is -2.48. The number of anilines is 1. The summed E-state index contributed by atoms with van der Waals surface area (Å²) in [6.07, 6.45) is 5.13. The number of nitrogens with zero attached hydrogens (tertiary/aromatic N) is 1. The van der Waals surface area contributed by atoms with Gasteiger partial charge in [0.05, 0.1) is 0 Å². The highest BCUT2D eigenvalue weighted by molar-refractivity contribution is 5.97. The van der Waals surface area contributed by atoms with E-state index in [1.165, 1.54) is 25.9 Å². The molecule has 3 rings (SSSR count). The van der Waals surface area contributed by atoms with Gasteiger partial charge in [0.1, 0.15) is 18.0 Å². The van der Waals surface area contributed by atoms with Crippen molar-refractivity contribution in [2.75, 3.05) is 38.2 Å². The number of carbonyl (C=O) groups excluding carboxylic acids is 1. The number of benzene rings is 1. The third-order valence-electron chi connectivity index (χ3n) is 6.52. The molecule has 2 aliphatic rings. The number of hydrogen-bond donors (Lipinski definition) is 1. The molecule has 5 heteroatoms. The van der Waals surface area contributed by atoms with Gasteiger partial charge < -0.3 is 14.8 Å². The van der Waals surface area contributed by atoms with Gasteiger partial charge in [0.25, 0.3) is 5.91 Å². The van der Waals surface area contributed by atoms with E-state index in [0.29, 0.717) is 19.1 Å². The first-order valence-corrected chi connectivity index (χ1v) is 11.8. The van der Waals surface area contributed by atoms with Crippen LogP contribution in [0.3, 0.4) is 0 Å². The summed E-state index contributed by atoms with van der Waals surface area (Å²) in [5.74, 6) is 2.88. The van der Waals surface area contributed by atoms with Crippen molar-refractivity contribution in [1.29, 1.82) is 0 Å². The van der Waals surface area contributed by atoms with Crippen LogP contribution in [0.2, 0.25) is 0 Å². The van der Waals surface area contributed by atoms with E-state index in [4.69, 9.17) is 9.47 Å². The van der Waals surface area contributed by atoms with Crippen molar-refractivity contribution in [1.82, 2.24) is 4.90 Å². The van der Waals surface area contributed by atoms with Crippen molar-refractivity contribution in [2.45, 2.75) is 65.4 Å². The zero-order chi connectivity index (χ0) is 21.6. The second-order valence-electron chi connectivity index (χ2n) is 9.66. The molecule has 1 saturated carbocycles. The van der Waals surface area contributed by atoms with Gasteiger partial charge in [-0.05, 0) is 74.6 Å². The predicted molar refractivity (Wildman–Crippen MR) is 122 cm³/mol. The fraction of sp³-hybridized carbons (Fsp3) is 0.720. The highest BCUT2D eigenvalue weighted by Gasteiger charge is 2.42. The molecule has 0 spiro atoms. The van der Waals surface area contributed by atoms with Crippen molar-refractivity contribution >= 4 is 11.6 Å². The molecule has 1 aromatic rings. The van der Waals surface area contributed by atoms with E-state index < -0.39 is 5.60 Å². The Morgan fingerprint density at radius 3 is 2.47 bits per heavy atom.